The first-order valence-corrected chi connectivity index (χ1v) is 23.2. The van der Waals surface area contributed by atoms with E-state index in [1.807, 2.05) is 64.2 Å². The molecule has 6 amide bonds. The number of hydrogen-bond acceptors (Lipinski definition) is 11. The number of nitrogens with two attached hydrogens (primary N) is 1. The molecule has 0 bridgehead atoms. The molecular formula is C49H58N8O9. The summed E-state index contributed by atoms with van der Waals surface area (Å²) in [6, 6.07) is 21.4. The van der Waals surface area contributed by atoms with Crippen molar-refractivity contribution < 1.29 is 43.0 Å². The highest BCUT2D eigenvalue weighted by atomic mass is 16.5. The van der Waals surface area contributed by atoms with Gasteiger partial charge in [-0.15, -0.1) is 0 Å². The maximum atomic E-state index is 13.1. The smallest absolute Gasteiger partial charge is 0.257 e. The number of carbonyl (C=O) groups excluding carboxylic acids is 6. The van der Waals surface area contributed by atoms with Crippen molar-refractivity contribution in [2.45, 2.75) is 89.3 Å². The van der Waals surface area contributed by atoms with Crippen molar-refractivity contribution in [1.82, 2.24) is 30.2 Å². The van der Waals surface area contributed by atoms with Crippen LogP contribution in [-0.2, 0) is 30.5 Å². The van der Waals surface area contributed by atoms with Gasteiger partial charge in [0.25, 0.3) is 17.7 Å². The van der Waals surface area contributed by atoms with Crippen LogP contribution in [0, 0.1) is 5.92 Å². The molecule has 3 aromatic carbocycles. The lowest BCUT2D eigenvalue weighted by atomic mass is 9.87. The minimum Gasteiger partial charge on any atom is -0.483 e. The second kappa shape index (κ2) is 21.5. The number of carbonyl (C=O) groups is 6. The molecule has 0 spiro atoms. The van der Waals surface area contributed by atoms with Crippen LogP contribution < -0.4 is 31.2 Å². The number of amides is 6. The topological polar surface area (TPSA) is 217 Å². The van der Waals surface area contributed by atoms with Crippen molar-refractivity contribution in [1.29, 1.82) is 0 Å². The second-order valence-corrected chi connectivity index (χ2v) is 17.3. The lowest BCUT2D eigenvalue weighted by molar-refractivity contribution is -0.138. The molecule has 5 N–H and O–H groups in total. The molecule has 5 heterocycles. The lowest BCUT2D eigenvalue weighted by Gasteiger charge is -2.38. The van der Waals surface area contributed by atoms with E-state index in [2.05, 4.69) is 16.0 Å². The number of anilines is 1. The fraction of sp³-hybridized carbons (Fsp3) is 0.449. The van der Waals surface area contributed by atoms with Crippen LogP contribution in [0.2, 0.25) is 0 Å². The molecule has 8 rings (SSSR count). The Labute approximate surface area is 383 Å². The average Bonchev–Trinajstić information content (AvgIpc) is 3.89. The second-order valence-electron chi connectivity index (χ2n) is 17.3. The summed E-state index contributed by atoms with van der Waals surface area (Å²) in [6.07, 6.45) is 8.66. The number of rotatable bonds is 20. The number of ether oxygens (including phenoxy) is 3. The predicted molar refractivity (Wildman–Crippen MR) is 244 cm³/mol. The maximum Gasteiger partial charge on any atom is 0.257 e. The molecule has 4 aromatic rings. The van der Waals surface area contributed by atoms with Crippen LogP contribution in [0.1, 0.15) is 103 Å². The minimum absolute atomic E-state index is 0.00295. The number of aromatic nitrogens is 2. The Morgan fingerprint density at radius 3 is 2.32 bits per heavy atom. The number of unbranched alkanes of at least 4 members (excludes halogenated alkanes) is 5. The van der Waals surface area contributed by atoms with Crippen LogP contribution in [0.3, 0.4) is 0 Å². The van der Waals surface area contributed by atoms with Gasteiger partial charge in [-0.2, -0.15) is 5.10 Å². The van der Waals surface area contributed by atoms with Gasteiger partial charge in [0.15, 0.2) is 6.61 Å². The van der Waals surface area contributed by atoms with E-state index < -0.39 is 17.9 Å². The fourth-order valence-corrected chi connectivity index (χ4v) is 9.42. The van der Waals surface area contributed by atoms with Gasteiger partial charge < -0.3 is 40.4 Å². The van der Waals surface area contributed by atoms with E-state index in [4.69, 9.17) is 25.0 Å². The molecule has 17 heteroatoms. The van der Waals surface area contributed by atoms with Gasteiger partial charge in [0.05, 0.1) is 12.6 Å². The van der Waals surface area contributed by atoms with Crippen LogP contribution in [0.5, 0.6) is 17.2 Å². The van der Waals surface area contributed by atoms with E-state index in [0.717, 1.165) is 69.1 Å². The van der Waals surface area contributed by atoms with Gasteiger partial charge in [-0.05, 0) is 93.0 Å². The van der Waals surface area contributed by atoms with Crippen LogP contribution in [-0.4, -0.2) is 107 Å². The van der Waals surface area contributed by atoms with Crippen molar-refractivity contribution >= 4 is 41.3 Å². The Morgan fingerprint density at radius 2 is 1.56 bits per heavy atom. The van der Waals surface area contributed by atoms with E-state index in [-0.39, 0.29) is 68.2 Å². The number of likely N-dealkylation sites (tertiary alicyclic amines) is 1. The van der Waals surface area contributed by atoms with E-state index in [9.17, 15) is 28.8 Å². The van der Waals surface area contributed by atoms with E-state index in [0.29, 0.717) is 72.5 Å². The van der Waals surface area contributed by atoms with Gasteiger partial charge >= 0.3 is 0 Å². The lowest BCUT2D eigenvalue weighted by Crippen LogP contribution is -2.52. The number of nitrogens with zero attached hydrogens (tertiary/aromatic N) is 4. The number of fused-ring (bicyclic) bond motifs is 2. The standard InChI is InChI=1S/C49H58N8O9/c50-46(61)44-45(33-15-17-35(18-16-33)66-34-11-6-5-7-12-34)54-57-38(21-25-52-47(44)57)32-22-26-55(27-23-32)43(60)31-64-28-9-4-2-1-3-8-24-51-42(59)30-65-40-14-10-13-36-37(40)29-56(49(36)63)39-19-20-41(58)53-48(39)62/h5-7,10-18,32,38-39,52H,1-4,8-9,19-31H2,(H2,50,61)(H,51,59)(H,53,58,62)/t38-,39?/m0/s1. The highest BCUT2D eigenvalue weighted by Gasteiger charge is 2.40. The molecule has 2 atom stereocenters. The third-order valence-corrected chi connectivity index (χ3v) is 12.9. The third kappa shape index (κ3) is 10.8. The monoisotopic (exact) mass is 902 g/mol. The van der Waals surface area contributed by atoms with E-state index in [1.165, 1.54) is 4.90 Å². The number of imide groups is 1. The van der Waals surface area contributed by atoms with E-state index >= 15 is 0 Å². The molecule has 348 valence electrons. The van der Waals surface area contributed by atoms with Crippen LogP contribution in [0.15, 0.2) is 72.8 Å². The first-order chi connectivity index (χ1) is 32.1. The summed E-state index contributed by atoms with van der Waals surface area (Å²) < 4.78 is 19.5. The van der Waals surface area contributed by atoms with E-state index in [1.54, 1.807) is 18.2 Å². The highest BCUT2D eigenvalue weighted by Crippen LogP contribution is 2.40. The van der Waals surface area contributed by atoms with Gasteiger partial charge in [-0.25, -0.2) is 4.68 Å². The Balaban J connectivity index is 0.681. The van der Waals surface area contributed by atoms with Gasteiger partial charge in [0, 0.05) is 55.9 Å². The predicted octanol–water partition coefficient (Wildman–Crippen LogP) is 5.35. The van der Waals surface area contributed by atoms with Gasteiger partial charge in [-0.3, -0.25) is 34.1 Å². The number of primary amides is 1. The van der Waals surface area contributed by atoms with Crippen LogP contribution in [0.4, 0.5) is 5.82 Å². The number of piperidine rings is 2. The summed E-state index contributed by atoms with van der Waals surface area (Å²) in [5.74, 6) is 0.861. The number of hydrogen-bond donors (Lipinski definition) is 4. The van der Waals surface area contributed by atoms with Crippen molar-refractivity contribution in [2.75, 3.05) is 51.3 Å². The summed E-state index contributed by atoms with van der Waals surface area (Å²) >= 11 is 0. The summed E-state index contributed by atoms with van der Waals surface area (Å²) in [7, 11) is 0. The molecular weight excluding hydrogens is 845 g/mol. The maximum absolute atomic E-state index is 13.1. The normalized spacial score (nSPS) is 18.3. The number of nitrogens with one attached hydrogen (secondary N) is 3. The zero-order chi connectivity index (χ0) is 46.0. The quantitative estimate of drug-likeness (QED) is 0.0655. The van der Waals surface area contributed by atoms with Crippen LogP contribution >= 0.6 is 0 Å². The number of para-hydroxylation sites is 1. The average molecular weight is 903 g/mol. The zero-order valence-electron chi connectivity index (χ0n) is 37.1. The molecule has 17 nitrogen and oxygen atoms in total. The Hall–Kier alpha value is -6.75. The minimum atomic E-state index is -0.722. The van der Waals surface area contributed by atoms with Gasteiger partial charge in [0.1, 0.15) is 47.0 Å². The molecule has 0 aliphatic carbocycles. The first kappa shape index (κ1) is 45.8. The molecule has 4 aliphatic rings. The molecule has 0 saturated carbocycles. The molecule has 2 fully saturated rings. The Bertz CT molecular complexity index is 2400. The Kier molecular flexibility index (Phi) is 14.9. The SMILES string of the molecule is NC(=O)c1c(-c2ccc(Oc3ccccc3)cc2)nn2c1NCC[C@H]2C1CCN(C(=O)COCCCCCCCCNC(=O)COc2cccc3c2CN(C2CCC(=O)NC2=O)C3=O)CC1. The van der Waals surface area contributed by atoms with Crippen LogP contribution in [0.25, 0.3) is 11.3 Å². The Morgan fingerprint density at radius 1 is 0.818 bits per heavy atom. The summed E-state index contributed by atoms with van der Waals surface area (Å²) in [5.41, 5.74) is 8.69. The largest absolute Gasteiger partial charge is 0.483 e. The first-order valence-electron chi connectivity index (χ1n) is 23.2. The fourth-order valence-electron chi connectivity index (χ4n) is 9.42. The number of benzene rings is 3. The zero-order valence-corrected chi connectivity index (χ0v) is 37.1. The van der Waals surface area contributed by atoms with Crippen molar-refractivity contribution in [2.24, 2.45) is 11.7 Å². The molecule has 1 aromatic heterocycles. The molecule has 1 unspecified atom stereocenters. The summed E-state index contributed by atoms with van der Waals surface area (Å²) in [4.78, 5) is 78.7. The molecule has 2 saturated heterocycles. The third-order valence-electron chi connectivity index (χ3n) is 12.9. The highest BCUT2D eigenvalue weighted by molar-refractivity contribution is 6.06. The molecule has 66 heavy (non-hydrogen) atoms. The molecule has 4 aliphatic heterocycles. The van der Waals surface area contributed by atoms with Crippen molar-refractivity contribution in [3.8, 4) is 28.5 Å². The summed E-state index contributed by atoms with van der Waals surface area (Å²) in [5, 5.41) is 13.5. The van der Waals surface area contributed by atoms with Crippen molar-refractivity contribution in [3.05, 3.63) is 89.5 Å². The summed E-state index contributed by atoms with van der Waals surface area (Å²) in [6.45, 7) is 3.08. The van der Waals surface area contributed by atoms with Gasteiger partial charge in [-0.1, -0.05) is 49.9 Å². The van der Waals surface area contributed by atoms with Gasteiger partial charge in [0.2, 0.25) is 17.7 Å². The molecule has 0 radical (unpaired) electrons. The van der Waals surface area contributed by atoms with Crippen molar-refractivity contribution in [3.63, 3.8) is 0 Å².